The normalized spacial score (nSPS) is 13.7. The van der Waals surface area contributed by atoms with Gasteiger partial charge < -0.3 is 9.47 Å². The summed E-state index contributed by atoms with van der Waals surface area (Å²) in [4.78, 5) is 0. The van der Waals surface area contributed by atoms with Gasteiger partial charge in [-0.05, 0) is 30.2 Å². The number of benzene rings is 2. The van der Waals surface area contributed by atoms with Crippen LogP contribution in [-0.4, -0.2) is 6.79 Å². The fraction of sp³-hybridized carbons (Fsp3) is 0.235. The molecule has 0 spiro atoms. The quantitative estimate of drug-likeness (QED) is 0.935. The third kappa shape index (κ3) is 2.99. The fourth-order valence-corrected chi connectivity index (χ4v) is 2.27. The molecule has 1 heterocycles. The first kappa shape index (κ1) is 13.5. The second-order valence-corrected chi connectivity index (χ2v) is 5.04. The van der Waals surface area contributed by atoms with Crippen molar-refractivity contribution in [3.63, 3.8) is 0 Å². The van der Waals surface area contributed by atoms with Crippen LogP contribution in [-0.2, 0) is 6.54 Å². The third-order valence-electron chi connectivity index (χ3n) is 3.49. The zero-order chi connectivity index (χ0) is 14.7. The van der Waals surface area contributed by atoms with Crippen LogP contribution in [0.3, 0.4) is 0 Å². The van der Waals surface area contributed by atoms with Crippen LogP contribution in [0.4, 0.5) is 0 Å². The number of ether oxygens (including phenoxy) is 2. The van der Waals surface area contributed by atoms with Crippen LogP contribution in [0.2, 0.25) is 0 Å². The van der Waals surface area contributed by atoms with E-state index in [0.29, 0.717) is 6.54 Å². The van der Waals surface area contributed by atoms with E-state index in [1.54, 1.807) is 0 Å². The minimum Gasteiger partial charge on any atom is -0.454 e. The molecule has 1 unspecified atom stereocenters. The van der Waals surface area contributed by atoms with Gasteiger partial charge in [0.05, 0.1) is 6.07 Å². The standard InChI is InChI=1S/C17H16N2O2/c1-12-2-5-14(6-3-12)15(9-18)19-10-13-4-7-16-17(8-13)21-11-20-16/h2-8,15,19H,10-11H2,1H3. The van der Waals surface area contributed by atoms with Gasteiger partial charge in [0.15, 0.2) is 11.5 Å². The molecule has 0 saturated carbocycles. The Hall–Kier alpha value is -2.51. The summed E-state index contributed by atoms with van der Waals surface area (Å²) < 4.78 is 10.6. The lowest BCUT2D eigenvalue weighted by atomic mass is 10.1. The molecular formula is C17H16N2O2. The number of rotatable bonds is 4. The van der Waals surface area contributed by atoms with Crippen molar-refractivity contribution in [2.24, 2.45) is 0 Å². The number of hydrogen-bond donors (Lipinski definition) is 1. The first-order valence-electron chi connectivity index (χ1n) is 6.84. The van der Waals surface area contributed by atoms with E-state index in [1.165, 1.54) is 5.56 Å². The van der Waals surface area contributed by atoms with Crippen molar-refractivity contribution < 1.29 is 9.47 Å². The van der Waals surface area contributed by atoms with Crippen molar-refractivity contribution in [2.75, 3.05) is 6.79 Å². The minimum absolute atomic E-state index is 0.274. The Labute approximate surface area is 123 Å². The Morgan fingerprint density at radius 1 is 1.14 bits per heavy atom. The van der Waals surface area contributed by atoms with E-state index in [9.17, 15) is 5.26 Å². The number of nitriles is 1. The fourth-order valence-electron chi connectivity index (χ4n) is 2.27. The van der Waals surface area contributed by atoms with Gasteiger partial charge in [-0.3, -0.25) is 5.32 Å². The van der Waals surface area contributed by atoms with Gasteiger partial charge in [-0.2, -0.15) is 5.26 Å². The predicted molar refractivity (Wildman–Crippen MR) is 78.9 cm³/mol. The Morgan fingerprint density at radius 2 is 1.90 bits per heavy atom. The van der Waals surface area contributed by atoms with Crippen LogP contribution in [0.5, 0.6) is 11.5 Å². The zero-order valence-electron chi connectivity index (χ0n) is 11.8. The predicted octanol–water partition coefficient (Wildman–Crippen LogP) is 3.08. The SMILES string of the molecule is Cc1ccc(C(C#N)NCc2ccc3c(c2)OCO3)cc1. The second-order valence-electron chi connectivity index (χ2n) is 5.04. The average molecular weight is 280 g/mol. The number of fused-ring (bicyclic) bond motifs is 1. The van der Waals surface area contributed by atoms with Gasteiger partial charge in [0.2, 0.25) is 6.79 Å². The summed E-state index contributed by atoms with van der Waals surface area (Å²) in [6, 6.07) is 15.8. The van der Waals surface area contributed by atoms with Gasteiger partial charge in [0.1, 0.15) is 6.04 Å². The number of aryl methyl sites for hydroxylation is 1. The molecular weight excluding hydrogens is 264 g/mol. The van der Waals surface area contributed by atoms with E-state index < -0.39 is 0 Å². The van der Waals surface area contributed by atoms with Crippen molar-refractivity contribution in [3.05, 3.63) is 59.2 Å². The van der Waals surface area contributed by atoms with Gasteiger partial charge in [0.25, 0.3) is 0 Å². The lowest BCUT2D eigenvalue weighted by Crippen LogP contribution is -2.19. The topological polar surface area (TPSA) is 54.3 Å². The summed E-state index contributed by atoms with van der Waals surface area (Å²) in [5, 5.41) is 12.6. The molecule has 1 aliphatic rings. The van der Waals surface area contributed by atoms with Crippen molar-refractivity contribution in [3.8, 4) is 17.6 Å². The van der Waals surface area contributed by atoms with Crippen LogP contribution in [0.15, 0.2) is 42.5 Å². The summed E-state index contributed by atoms with van der Waals surface area (Å²) >= 11 is 0. The molecule has 0 aliphatic carbocycles. The van der Waals surface area contributed by atoms with E-state index in [4.69, 9.17) is 9.47 Å². The third-order valence-corrected chi connectivity index (χ3v) is 3.49. The van der Waals surface area contributed by atoms with E-state index in [0.717, 1.165) is 22.6 Å². The molecule has 21 heavy (non-hydrogen) atoms. The average Bonchev–Trinajstić information content (AvgIpc) is 2.97. The van der Waals surface area contributed by atoms with E-state index in [2.05, 4.69) is 11.4 Å². The molecule has 4 heteroatoms. The minimum atomic E-state index is -0.323. The summed E-state index contributed by atoms with van der Waals surface area (Å²) in [6.45, 7) is 2.91. The first-order valence-corrected chi connectivity index (χ1v) is 6.84. The molecule has 0 fully saturated rings. The van der Waals surface area contributed by atoms with Crippen LogP contribution in [0.25, 0.3) is 0 Å². The van der Waals surface area contributed by atoms with E-state index in [1.807, 2.05) is 49.4 Å². The molecule has 1 atom stereocenters. The second kappa shape index (κ2) is 5.86. The molecule has 1 N–H and O–H groups in total. The number of nitrogens with zero attached hydrogens (tertiary/aromatic N) is 1. The summed E-state index contributed by atoms with van der Waals surface area (Å²) in [7, 11) is 0. The molecule has 0 saturated heterocycles. The van der Waals surface area contributed by atoms with Gasteiger partial charge >= 0.3 is 0 Å². The van der Waals surface area contributed by atoms with Crippen molar-refractivity contribution in [2.45, 2.75) is 19.5 Å². The molecule has 2 aromatic carbocycles. The first-order chi connectivity index (χ1) is 10.3. The number of hydrogen-bond acceptors (Lipinski definition) is 4. The van der Waals surface area contributed by atoms with E-state index >= 15 is 0 Å². The Morgan fingerprint density at radius 3 is 2.67 bits per heavy atom. The summed E-state index contributed by atoms with van der Waals surface area (Å²) in [5.74, 6) is 1.53. The van der Waals surface area contributed by atoms with Crippen molar-refractivity contribution >= 4 is 0 Å². The molecule has 4 nitrogen and oxygen atoms in total. The molecule has 2 aromatic rings. The van der Waals surface area contributed by atoms with Gasteiger partial charge in [0, 0.05) is 6.54 Å². The highest BCUT2D eigenvalue weighted by atomic mass is 16.7. The van der Waals surface area contributed by atoms with Crippen LogP contribution >= 0.6 is 0 Å². The maximum absolute atomic E-state index is 9.32. The Kier molecular flexibility index (Phi) is 3.76. The molecule has 0 aromatic heterocycles. The lowest BCUT2D eigenvalue weighted by molar-refractivity contribution is 0.174. The van der Waals surface area contributed by atoms with Gasteiger partial charge in [-0.1, -0.05) is 35.9 Å². The summed E-state index contributed by atoms with van der Waals surface area (Å²) in [5.41, 5.74) is 3.22. The monoisotopic (exact) mass is 280 g/mol. The van der Waals surface area contributed by atoms with Crippen LogP contribution < -0.4 is 14.8 Å². The van der Waals surface area contributed by atoms with Gasteiger partial charge in [-0.15, -0.1) is 0 Å². The maximum Gasteiger partial charge on any atom is 0.231 e. The molecule has 0 bridgehead atoms. The highest BCUT2D eigenvalue weighted by Crippen LogP contribution is 2.32. The van der Waals surface area contributed by atoms with Crippen molar-refractivity contribution in [1.82, 2.24) is 5.32 Å². The lowest BCUT2D eigenvalue weighted by Gasteiger charge is -2.12. The Bertz CT molecular complexity index is 674. The maximum atomic E-state index is 9.32. The van der Waals surface area contributed by atoms with Crippen molar-refractivity contribution in [1.29, 1.82) is 5.26 Å². The smallest absolute Gasteiger partial charge is 0.231 e. The van der Waals surface area contributed by atoms with Gasteiger partial charge in [-0.25, -0.2) is 0 Å². The van der Waals surface area contributed by atoms with Crippen LogP contribution in [0, 0.1) is 18.3 Å². The van der Waals surface area contributed by atoms with Crippen LogP contribution in [0.1, 0.15) is 22.7 Å². The zero-order valence-corrected chi connectivity index (χ0v) is 11.8. The highest BCUT2D eigenvalue weighted by Gasteiger charge is 2.14. The summed E-state index contributed by atoms with van der Waals surface area (Å²) in [6.07, 6.45) is 0. The molecule has 106 valence electrons. The molecule has 0 radical (unpaired) electrons. The molecule has 1 aliphatic heterocycles. The molecule has 0 amide bonds. The largest absolute Gasteiger partial charge is 0.454 e. The molecule has 3 rings (SSSR count). The number of nitrogens with one attached hydrogen (secondary N) is 1. The Balaban J connectivity index is 1.68. The highest BCUT2D eigenvalue weighted by molar-refractivity contribution is 5.44. The van der Waals surface area contributed by atoms with E-state index in [-0.39, 0.29) is 12.8 Å².